The standard InChI is InChI=1S/C12H23N3O2.C11H18O.2ClH/c13-10(12(16)17)7-3-1-5-9-6-2-4-8-11(14)15-9;1-2-3-4-7-10-8-5-6-9-11(10)12;;/h9-10H,1-8,13H2,(H2,14,15)(H,16,17);2,10H,1,3-9H2;2*1H/t9-,10+;;;/m0.../s1. The highest BCUT2D eigenvalue weighted by Gasteiger charge is 2.20. The molecule has 1 aliphatic heterocycles. The summed E-state index contributed by atoms with van der Waals surface area (Å²) in [4.78, 5) is 26.4. The molecule has 0 amide bonds. The predicted molar refractivity (Wildman–Crippen MR) is 133 cm³/mol. The van der Waals surface area contributed by atoms with E-state index in [9.17, 15) is 9.59 Å². The van der Waals surface area contributed by atoms with Gasteiger partial charge in [-0.2, -0.15) is 0 Å². The van der Waals surface area contributed by atoms with E-state index in [4.69, 9.17) is 16.6 Å². The molecule has 3 atom stereocenters. The van der Waals surface area contributed by atoms with Gasteiger partial charge in [0.25, 0.3) is 0 Å². The molecule has 1 fully saturated rings. The molecule has 182 valence electrons. The number of allylic oxidation sites excluding steroid dienone is 1. The van der Waals surface area contributed by atoms with Crippen molar-refractivity contribution in [2.45, 2.75) is 108 Å². The van der Waals surface area contributed by atoms with Crippen LogP contribution in [0.5, 0.6) is 0 Å². The van der Waals surface area contributed by atoms with Crippen LogP contribution in [0.2, 0.25) is 0 Å². The van der Waals surface area contributed by atoms with Gasteiger partial charge in [-0.3, -0.25) is 14.6 Å². The molecular weight excluding hydrogens is 437 g/mol. The molecule has 1 saturated carbocycles. The Morgan fingerprint density at radius 1 is 1.10 bits per heavy atom. The second-order valence-corrected chi connectivity index (χ2v) is 8.38. The number of nitrogens with zero attached hydrogens (tertiary/aromatic N) is 1. The van der Waals surface area contributed by atoms with Crippen molar-refractivity contribution in [3.63, 3.8) is 0 Å². The summed E-state index contributed by atoms with van der Waals surface area (Å²) in [5.74, 6) is 0.750. The molecule has 0 bridgehead atoms. The zero-order valence-electron chi connectivity index (χ0n) is 18.8. The van der Waals surface area contributed by atoms with Gasteiger partial charge in [-0.05, 0) is 57.8 Å². The molecule has 2 aliphatic rings. The first-order valence-electron chi connectivity index (χ1n) is 11.4. The first-order chi connectivity index (χ1) is 13.9. The SMILES string of the molecule is C=CCCCC1CCCCC1=O.Cl.Cl.NC1=N[C@@H](CCCC[C@@H](N)C(=O)O)CCCC1. The number of hydrogen-bond acceptors (Lipinski definition) is 5. The number of Topliss-reactive ketones (excluding diaryl/α,β-unsaturated/α-hetero) is 1. The predicted octanol–water partition coefficient (Wildman–Crippen LogP) is 5.20. The number of aliphatic carboxylic acids is 1. The van der Waals surface area contributed by atoms with Crippen molar-refractivity contribution in [2.75, 3.05) is 0 Å². The van der Waals surface area contributed by atoms with Gasteiger partial charge in [0.2, 0.25) is 0 Å². The normalized spacial score (nSPS) is 21.7. The second-order valence-electron chi connectivity index (χ2n) is 8.38. The summed E-state index contributed by atoms with van der Waals surface area (Å²) in [6.07, 6.45) is 17.3. The molecule has 2 rings (SSSR count). The lowest BCUT2D eigenvalue weighted by molar-refractivity contribution is -0.138. The van der Waals surface area contributed by atoms with E-state index in [1.54, 1.807) is 0 Å². The minimum atomic E-state index is -0.915. The lowest BCUT2D eigenvalue weighted by Crippen LogP contribution is -2.29. The zero-order chi connectivity index (χ0) is 21.5. The lowest BCUT2D eigenvalue weighted by Gasteiger charge is -2.19. The highest BCUT2D eigenvalue weighted by Crippen LogP contribution is 2.24. The Labute approximate surface area is 200 Å². The summed E-state index contributed by atoms with van der Waals surface area (Å²) in [5, 5.41) is 8.64. The number of hydrogen-bond donors (Lipinski definition) is 3. The molecule has 5 N–H and O–H groups in total. The average Bonchev–Trinajstić information content (AvgIpc) is 2.91. The van der Waals surface area contributed by atoms with E-state index in [1.807, 2.05) is 6.08 Å². The van der Waals surface area contributed by atoms with E-state index in [1.165, 1.54) is 12.8 Å². The van der Waals surface area contributed by atoms with Crippen LogP contribution in [-0.2, 0) is 9.59 Å². The first kappa shape index (κ1) is 32.1. The van der Waals surface area contributed by atoms with Crippen LogP contribution in [0.15, 0.2) is 17.6 Å². The zero-order valence-corrected chi connectivity index (χ0v) is 20.4. The monoisotopic (exact) mass is 479 g/mol. The molecule has 1 unspecified atom stereocenters. The molecule has 0 saturated heterocycles. The summed E-state index contributed by atoms with van der Waals surface area (Å²) in [6, 6.07) is -0.392. The minimum absolute atomic E-state index is 0. The summed E-state index contributed by atoms with van der Waals surface area (Å²) >= 11 is 0. The molecule has 1 aliphatic carbocycles. The largest absolute Gasteiger partial charge is 0.480 e. The second kappa shape index (κ2) is 19.6. The number of aliphatic imine (C=N–C) groups is 1. The number of carboxylic acid groups (broad SMARTS) is 1. The quantitative estimate of drug-likeness (QED) is 0.293. The Hall–Kier alpha value is -1.11. The fraction of sp³-hybridized carbons (Fsp3) is 0.783. The minimum Gasteiger partial charge on any atom is -0.480 e. The van der Waals surface area contributed by atoms with Gasteiger partial charge in [-0.15, -0.1) is 31.4 Å². The molecule has 6 nitrogen and oxygen atoms in total. The van der Waals surface area contributed by atoms with Crippen molar-refractivity contribution < 1.29 is 14.7 Å². The summed E-state index contributed by atoms with van der Waals surface area (Å²) in [7, 11) is 0. The highest BCUT2D eigenvalue weighted by atomic mass is 35.5. The third kappa shape index (κ3) is 15.4. The van der Waals surface area contributed by atoms with Gasteiger partial charge < -0.3 is 16.6 Å². The lowest BCUT2D eigenvalue weighted by atomic mass is 9.84. The maximum atomic E-state index is 11.4. The molecule has 8 heteroatoms. The number of rotatable bonds is 10. The average molecular weight is 481 g/mol. The number of halogens is 2. The molecule has 31 heavy (non-hydrogen) atoms. The number of ketones is 1. The number of amidine groups is 1. The Balaban J connectivity index is 0. The fourth-order valence-corrected chi connectivity index (χ4v) is 4.00. The van der Waals surface area contributed by atoms with E-state index < -0.39 is 12.0 Å². The van der Waals surface area contributed by atoms with Crippen LogP contribution in [0.4, 0.5) is 0 Å². The Kier molecular flexibility index (Phi) is 20.2. The Morgan fingerprint density at radius 3 is 2.42 bits per heavy atom. The fourth-order valence-electron chi connectivity index (χ4n) is 4.00. The van der Waals surface area contributed by atoms with Crippen LogP contribution in [0.25, 0.3) is 0 Å². The number of carbonyl (C=O) groups excluding carboxylic acids is 1. The van der Waals surface area contributed by atoms with E-state index in [0.29, 0.717) is 24.2 Å². The van der Waals surface area contributed by atoms with Crippen molar-refractivity contribution in [1.29, 1.82) is 0 Å². The van der Waals surface area contributed by atoms with Crippen molar-refractivity contribution in [1.82, 2.24) is 0 Å². The van der Waals surface area contributed by atoms with Crippen LogP contribution in [0, 0.1) is 5.92 Å². The van der Waals surface area contributed by atoms with Gasteiger partial charge in [-0.1, -0.05) is 31.8 Å². The highest BCUT2D eigenvalue weighted by molar-refractivity contribution is 5.85. The van der Waals surface area contributed by atoms with Crippen molar-refractivity contribution in [3.8, 4) is 0 Å². The van der Waals surface area contributed by atoms with E-state index in [0.717, 1.165) is 82.9 Å². The van der Waals surface area contributed by atoms with E-state index in [-0.39, 0.29) is 24.8 Å². The maximum Gasteiger partial charge on any atom is 0.320 e. The molecule has 0 aromatic rings. The van der Waals surface area contributed by atoms with E-state index >= 15 is 0 Å². The summed E-state index contributed by atoms with van der Waals surface area (Å²) in [5.41, 5.74) is 11.2. The maximum absolute atomic E-state index is 11.4. The molecule has 0 aromatic heterocycles. The topological polar surface area (TPSA) is 119 Å². The molecule has 0 aromatic carbocycles. The third-order valence-corrected chi connectivity index (χ3v) is 5.83. The van der Waals surface area contributed by atoms with Crippen LogP contribution < -0.4 is 11.5 Å². The number of carboxylic acids is 1. The van der Waals surface area contributed by atoms with Gasteiger partial charge >= 0.3 is 5.97 Å². The van der Waals surface area contributed by atoms with Crippen LogP contribution >= 0.6 is 24.8 Å². The third-order valence-electron chi connectivity index (χ3n) is 5.83. The van der Waals surface area contributed by atoms with Crippen molar-refractivity contribution in [3.05, 3.63) is 12.7 Å². The smallest absolute Gasteiger partial charge is 0.320 e. The van der Waals surface area contributed by atoms with Crippen molar-refractivity contribution >= 4 is 42.4 Å². The molecule has 0 radical (unpaired) electrons. The van der Waals surface area contributed by atoms with Gasteiger partial charge in [0.1, 0.15) is 11.8 Å². The number of carbonyl (C=O) groups is 2. The van der Waals surface area contributed by atoms with Crippen LogP contribution in [-0.4, -0.2) is 34.8 Å². The molecule has 1 heterocycles. The molecular formula is C23H43Cl2N3O3. The van der Waals surface area contributed by atoms with E-state index in [2.05, 4.69) is 11.6 Å². The van der Waals surface area contributed by atoms with Gasteiger partial charge in [0.05, 0.1) is 11.9 Å². The number of unbranched alkanes of at least 4 members (excludes halogenated alkanes) is 2. The van der Waals surface area contributed by atoms with Crippen LogP contribution in [0.1, 0.15) is 96.3 Å². The van der Waals surface area contributed by atoms with Crippen LogP contribution in [0.3, 0.4) is 0 Å². The van der Waals surface area contributed by atoms with Gasteiger partial charge in [0, 0.05) is 18.8 Å². The molecule has 0 spiro atoms. The van der Waals surface area contributed by atoms with Gasteiger partial charge in [-0.25, -0.2) is 0 Å². The number of nitrogens with two attached hydrogens (primary N) is 2. The summed E-state index contributed by atoms with van der Waals surface area (Å²) < 4.78 is 0. The van der Waals surface area contributed by atoms with Gasteiger partial charge in [0.15, 0.2) is 0 Å². The Morgan fingerprint density at radius 2 is 1.77 bits per heavy atom. The summed E-state index contributed by atoms with van der Waals surface area (Å²) in [6.45, 7) is 3.68. The Bertz CT molecular complexity index is 544. The van der Waals surface area contributed by atoms with Crippen molar-refractivity contribution in [2.24, 2.45) is 22.4 Å². The first-order valence-corrected chi connectivity index (χ1v) is 11.4.